The Hall–Kier alpha value is -3.35. The fourth-order valence-electron chi connectivity index (χ4n) is 2.38. The Balaban J connectivity index is 1.88. The number of benzene rings is 2. The first-order chi connectivity index (χ1) is 12.4. The van der Waals surface area contributed by atoms with Gasteiger partial charge in [-0.05, 0) is 38.1 Å². The van der Waals surface area contributed by atoms with Gasteiger partial charge in [0.15, 0.2) is 5.78 Å². The predicted molar refractivity (Wildman–Crippen MR) is 96.1 cm³/mol. The highest BCUT2D eigenvalue weighted by Crippen LogP contribution is 2.23. The molecular formula is C19H16F2N4O. The van der Waals surface area contributed by atoms with Gasteiger partial charge >= 0.3 is 0 Å². The Morgan fingerprint density at radius 3 is 2.35 bits per heavy atom. The number of para-hydroxylation sites is 1. The maximum absolute atomic E-state index is 13.8. The van der Waals surface area contributed by atoms with E-state index in [4.69, 9.17) is 0 Å². The summed E-state index contributed by atoms with van der Waals surface area (Å²) in [6.07, 6.45) is 0. The lowest BCUT2D eigenvalue weighted by molar-refractivity contribution is 0.101. The molecule has 0 aliphatic rings. The number of anilines is 4. The monoisotopic (exact) mass is 354 g/mol. The third kappa shape index (κ3) is 4.00. The number of Topliss-reactive ketones (excluding diaryl/α,β-unsaturated/α-hetero) is 1. The van der Waals surface area contributed by atoms with E-state index in [0.717, 1.165) is 12.1 Å². The molecule has 2 N–H and O–H groups in total. The van der Waals surface area contributed by atoms with Crippen molar-refractivity contribution in [2.75, 3.05) is 10.6 Å². The van der Waals surface area contributed by atoms with E-state index in [1.165, 1.54) is 13.0 Å². The van der Waals surface area contributed by atoms with E-state index < -0.39 is 11.6 Å². The number of carbonyl (C=O) groups excluding carboxylic acids is 1. The summed E-state index contributed by atoms with van der Waals surface area (Å²) >= 11 is 0. The second kappa shape index (κ2) is 7.26. The molecule has 0 saturated heterocycles. The van der Waals surface area contributed by atoms with Crippen molar-refractivity contribution < 1.29 is 13.6 Å². The zero-order valence-electron chi connectivity index (χ0n) is 14.2. The number of nitrogens with one attached hydrogen (secondary N) is 2. The van der Waals surface area contributed by atoms with Crippen molar-refractivity contribution in [2.24, 2.45) is 0 Å². The number of aryl methyl sites for hydroxylation is 1. The van der Waals surface area contributed by atoms with E-state index in [1.54, 1.807) is 37.3 Å². The Kier molecular flexibility index (Phi) is 4.88. The Bertz CT molecular complexity index is 955. The predicted octanol–water partition coefficient (Wildman–Crippen LogP) is 4.75. The molecule has 132 valence electrons. The molecular weight excluding hydrogens is 338 g/mol. The first-order valence-corrected chi connectivity index (χ1v) is 7.87. The minimum atomic E-state index is -0.737. The number of carbonyl (C=O) groups is 1. The van der Waals surface area contributed by atoms with Gasteiger partial charge in [-0.3, -0.25) is 4.79 Å². The van der Waals surface area contributed by atoms with Crippen LogP contribution in [0.25, 0.3) is 0 Å². The summed E-state index contributed by atoms with van der Waals surface area (Å²) in [7, 11) is 0. The van der Waals surface area contributed by atoms with Crippen molar-refractivity contribution >= 4 is 28.9 Å². The van der Waals surface area contributed by atoms with Gasteiger partial charge < -0.3 is 10.6 Å². The molecule has 5 nitrogen and oxygen atoms in total. The van der Waals surface area contributed by atoms with Crippen LogP contribution < -0.4 is 10.6 Å². The summed E-state index contributed by atoms with van der Waals surface area (Å²) in [5, 5.41) is 5.64. The van der Waals surface area contributed by atoms with Crippen molar-refractivity contribution in [3.63, 3.8) is 0 Å². The number of hydrogen-bond acceptors (Lipinski definition) is 5. The maximum Gasteiger partial charge on any atom is 0.229 e. The molecule has 0 fully saturated rings. The van der Waals surface area contributed by atoms with Crippen molar-refractivity contribution in [3.8, 4) is 0 Å². The lowest BCUT2D eigenvalue weighted by atomic mass is 10.1. The van der Waals surface area contributed by atoms with E-state index in [9.17, 15) is 13.6 Å². The van der Waals surface area contributed by atoms with Crippen molar-refractivity contribution in [1.29, 1.82) is 0 Å². The summed E-state index contributed by atoms with van der Waals surface area (Å²) < 4.78 is 27.6. The summed E-state index contributed by atoms with van der Waals surface area (Å²) in [4.78, 5) is 19.9. The molecule has 26 heavy (non-hydrogen) atoms. The minimum absolute atomic E-state index is 0.0510. The van der Waals surface area contributed by atoms with Crippen LogP contribution in [0.15, 0.2) is 48.5 Å². The van der Waals surface area contributed by atoms with Crippen molar-refractivity contribution in [2.45, 2.75) is 13.8 Å². The van der Waals surface area contributed by atoms with Crippen LogP contribution in [0, 0.1) is 18.6 Å². The highest BCUT2D eigenvalue weighted by molar-refractivity contribution is 5.95. The number of halogens is 2. The summed E-state index contributed by atoms with van der Waals surface area (Å²) in [6, 6.07) is 12.2. The second-order valence-corrected chi connectivity index (χ2v) is 5.70. The number of ketones is 1. The van der Waals surface area contributed by atoms with Gasteiger partial charge in [-0.15, -0.1) is 0 Å². The van der Waals surface area contributed by atoms with Crippen LogP contribution in [0.2, 0.25) is 0 Å². The fourth-order valence-corrected chi connectivity index (χ4v) is 2.38. The molecule has 0 radical (unpaired) electrons. The van der Waals surface area contributed by atoms with Gasteiger partial charge in [-0.1, -0.05) is 18.2 Å². The Morgan fingerprint density at radius 2 is 1.65 bits per heavy atom. The molecule has 3 aromatic rings. The van der Waals surface area contributed by atoms with Crippen molar-refractivity contribution in [1.82, 2.24) is 9.97 Å². The first kappa shape index (κ1) is 17.5. The number of rotatable bonds is 5. The fraction of sp³-hybridized carbons (Fsp3) is 0.105. The standard InChI is InChI=1S/C19H16F2N4O/c1-11-9-17(23-14-6-3-5-13(10-14)12(2)26)24-19(22-11)25-18-15(20)7-4-8-16(18)21/h3-10H,1-2H3,(H2,22,23,24,25). The molecule has 7 heteroatoms. The molecule has 0 spiro atoms. The van der Waals surface area contributed by atoms with E-state index in [0.29, 0.717) is 22.8 Å². The van der Waals surface area contributed by atoms with Crippen LogP contribution in [-0.2, 0) is 0 Å². The van der Waals surface area contributed by atoms with Gasteiger partial charge in [-0.2, -0.15) is 4.98 Å². The molecule has 0 aliphatic heterocycles. The van der Waals surface area contributed by atoms with Crippen LogP contribution in [0.1, 0.15) is 23.0 Å². The molecule has 1 aromatic heterocycles. The largest absolute Gasteiger partial charge is 0.340 e. The average Bonchev–Trinajstić information content (AvgIpc) is 2.58. The quantitative estimate of drug-likeness (QED) is 0.647. The molecule has 0 saturated carbocycles. The molecule has 0 amide bonds. The van der Waals surface area contributed by atoms with Crippen LogP contribution in [0.3, 0.4) is 0 Å². The van der Waals surface area contributed by atoms with Crippen LogP contribution in [0.4, 0.5) is 31.9 Å². The normalized spacial score (nSPS) is 10.5. The highest BCUT2D eigenvalue weighted by atomic mass is 19.1. The molecule has 2 aromatic carbocycles. The van der Waals surface area contributed by atoms with Gasteiger partial charge in [0, 0.05) is 23.0 Å². The van der Waals surface area contributed by atoms with Gasteiger partial charge in [-0.25, -0.2) is 13.8 Å². The number of nitrogens with zero attached hydrogens (tertiary/aromatic N) is 2. The minimum Gasteiger partial charge on any atom is -0.340 e. The first-order valence-electron chi connectivity index (χ1n) is 7.87. The van der Waals surface area contributed by atoms with Crippen molar-refractivity contribution in [3.05, 3.63) is 71.4 Å². The lowest BCUT2D eigenvalue weighted by Crippen LogP contribution is -2.05. The van der Waals surface area contributed by atoms with Crippen LogP contribution in [-0.4, -0.2) is 15.8 Å². The molecule has 3 rings (SSSR count). The van der Waals surface area contributed by atoms with Gasteiger partial charge in [0.1, 0.15) is 23.1 Å². The SMILES string of the molecule is CC(=O)c1cccc(Nc2cc(C)nc(Nc3c(F)cccc3F)n2)c1. The number of hydrogen-bond donors (Lipinski definition) is 2. The lowest BCUT2D eigenvalue weighted by Gasteiger charge is -2.11. The summed E-state index contributed by atoms with van der Waals surface area (Å²) in [5.74, 6) is -1.04. The van der Waals surface area contributed by atoms with Crippen LogP contribution >= 0.6 is 0 Å². The van der Waals surface area contributed by atoms with Crippen LogP contribution in [0.5, 0.6) is 0 Å². The molecule has 0 unspecified atom stereocenters. The Labute approximate surface area is 149 Å². The van der Waals surface area contributed by atoms with Gasteiger partial charge in [0.2, 0.25) is 5.95 Å². The highest BCUT2D eigenvalue weighted by Gasteiger charge is 2.11. The maximum atomic E-state index is 13.8. The average molecular weight is 354 g/mol. The molecule has 0 bridgehead atoms. The third-order valence-electron chi connectivity index (χ3n) is 3.60. The van der Waals surface area contributed by atoms with Gasteiger partial charge in [0.05, 0.1) is 0 Å². The Morgan fingerprint density at radius 1 is 0.962 bits per heavy atom. The van der Waals surface area contributed by atoms with Gasteiger partial charge in [0.25, 0.3) is 0 Å². The molecule has 0 aliphatic carbocycles. The van der Waals surface area contributed by atoms with E-state index in [1.807, 2.05) is 0 Å². The smallest absolute Gasteiger partial charge is 0.229 e. The van der Waals surface area contributed by atoms with E-state index in [2.05, 4.69) is 20.6 Å². The summed E-state index contributed by atoms with van der Waals surface area (Å²) in [6.45, 7) is 3.22. The second-order valence-electron chi connectivity index (χ2n) is 5.70. The third-order valence-corrected chi connectivity index (χ3v) is 3.60. The summed E-state index contributed by atoms with van der Waals surface area (Å²) in [5.41, 5.74) is 1.51. The zero-order chi connectivity index (χ0) is 18.7. The molecule has 0 atom stereocenters. The number of aromatic nitrogens is 2. The zero-order valence-corrected chi connectivity index (χ0v) is 14.2. The van der Waals surface area contributed by atoms with E-state index in [-0.39, 0.29) is 17.4 Å². The van der Waals surface area contributed by atoms with E-state index >= 15 is 0 Å². The molecule has 1 heterocycles. The topological polar surface area (TPSA) is 66.9 Å².